The van der Waals surface area contributed by atoms with Gasteiger partial charge in [0.25, 0.3) is 10.1 Å². The van der Waals surface area contributed by atoms with Crippen molar-refractivity contribution in [2.24, 2.45) is 0 Å². The molecule has 1 aromatic rings. The molecule has 0 aliphatic heterocycles. The van der Waals surface area contributed by atoms with Gasteiger partial charge in [-0.2, -0.15) is 8.42 Å². The molecule has 0 heterocycles. The minimum atomic E-state index is -4.11. The van der Waals surface area contributed by atoms with Crippen molar-refractivity contribution in [3.05, 3.63) is 28.8 Å². The second kappa shape index (κ2) is 4.97. The SMILES string of the molecule is CCCc1cc(C)c(CC)cc1S(=O)(=O)O. The molecule has 3 nitrogen and oxygen atoms in total. The van der Waals surface area contributed by atoms with Gasteiger partial charge in [-0.25, -0.2) is 0 Å². The van der Waals surface area contributed by atoms with Crippen LogP contribution in [-0.4, -0.2) is 13.0 Å². The molecule has 0 spiro atoms. The van der Waals surface area contributed by atoms with Crippen LogP contribution in [-0.2, 0) is 23.0 Å². The summed E-state index contributed by atoms with van der Waals surface area (Å²) < 4.78 is 31.7. The van der Waals surface area contributed by atoms with Crippen LogP contribution in [0.15, 0.2) is 17.0 Å². The molecule has 4 heteroatoms. The van der Waals surface area contributed by atoms with Crippen LogP contribution >= 0.6 is 0 Å². The molecule has 0 aliphatic rings. The standard InChI is InChI=1S/C12H18O3S/c1-4-6-11-7-9(3)10(5-2)8-12(11)16(13,14)15/h7-8H,4-6H2,1-3H3,(H,13,14,15). The molecule has 0 atom stereocenters. The van der Waals surface area contributed by atoms with Gasteiger partial charge < -0.3 is 0 Å². The third-order valence-electron chi connectivity index (χ3n) is 2.70. The van der Waals surface area contributed by atoms with Gasteiger partial charge in [0.2, 0.25) is 0 Å². The monoisotopic (exact) mass is 242 g/mol. The van der Waals surface area contributed by atoms with E-state index in [2.05, 4.69) is 0 Å². The Morgan fingerprint density at radius 1 is 1.19 bits per heavy atom. The van der Waals surface area contributed by atoms with E-state index in [0.29, 0.717) is 12.0 Å². The molecule has 0 radical (unpaired) electrons. The van der Waals surface area contributed by atoms with Crippen LogP contribution in [0.5, 0.6) is 0 Å². The Bertz CT molecular complexity index is 475. The summed E-state index contributed by atoms with van der Waals surface area (Å²) in [6.07, 6.45) is 2.29. The number of hydrogen-bond acceptors (Lipinski definition) is 2. The highest BCUT2D eigenvalue weighted by molar-refractivity contribution is 7.85. The van der Waals surface area contributed by atoms with E-state index in [9.17, 15) is 13.0 Å². The molecule has 0 fully saturated rings. The van der Waals surface area contributed by atoms with Crippen molar-refractivity contribution in [3.8, 4) is 0 Å². The quantitative estimate of drug-likeness (QED) is 0.826. The molecule has 1 N–H and O–H groups in total. The van der Waals surface area contributed by atoms with Gasteiger partial charge in [0.15, 0.2) is 0 Å². The lowest BCUT2D eigenvalue weighted by Gasteiger charge is -2.11. The maximum atomic E-state index is 11.3. The van der Waals surface area contributed by atoms with Crippen molar-refractivity contribution in [2.45, 2.75) is 44.9 Å². The van der Waals surface area contributed by atoms with E-state index >= 15 is 0 Å². The Hall–Kier alpha value is -0.870. The summed E-state index contributed by atoms with van der Waals surface area (Å²) in [6, 6.07) is 3.46. The second-order valence-corrected chi connectivity index (χ2v) is 5.35. The van der Waals surface area contributed by atoms with Crippen molar-refractivity contribution >= 4 is 10.1 Å². The van der Waals surface area contributed by atoms with E-state index in [1.807, 2.05) is 26.8 Å². The highest BCUT2D eigenvalue weighted by atomic mass is 32.2. The molecule has 1 aromatic carbocycles. The predicted octanol–water partition coefficient (Wildman–Crippen LogP) is 2.76. The molecule has 0 aromatic heterocycles. The number of hydrogen-bond donors (Lipinski definition) is 1. The van der Waals surface area contributed by atoms with E-state index in [1.54, 1.807) is 6.07 Å². The van der Waals surface area contributed by atoms with Crippen molar-refractivity contribution in [1.29, 1.82) is 0 Å². The smallest absolute Gasteiger partial charge is 0.282 e. The predicted molar refractivity (Wildman–Crippen MR) is 64.4 cm³/mol. The molecule has 0 saturated carbocycles. The first-order valence-electron chi connectivity index (χ1n) is 5.50. The Balaban J connectivity index is 3.43. The van der Waals surface area contributed by atoms with Gasteiger partial charge in [0.05, 0.1) is 4.90 Å². The average molecular weight is 242 g/mol. The van der Waals surface area contributed by atoms with Crippen LogP contribution in [0.1, 0.15) is 37.0 Å². The van der Waals surface area contributed by atoms with Crippen LogP contribution in [0.3, 0.4) is 0 Å². The fraction of sp³-hybridized carbons (Fsp3) is 0.500. The van der Waals surface area contributed by atoms with Gasteiger partial charge in [-0.15, -0.1) is 0 Å². The minimum Gasteiger partial charge on any atom is -0.282 e. The normalized spacial score (nSPS) is 11.8. The van der Waals surface area contributed by atoms with Crippen LogP contribution in [0.4, 0.5) is 0 Å². The van der Waals surface area contributed by atoms with Crippen molar-refractivity contribution in [3.63, 3.8) is 0 Å². The summed E-state index contributed by atoms with van der Waals surface area (Å²) in [4.78, 5) is 0.0665. The number of aryl methyl sites for hydroxylation is 3. The van der Waals surface area contributed by atoms with Gasteiger partial charge in [-0.1, -0.05) is 26.3 Å². The minimum absolute atomic E-state index is 0.0665. The van der Waals surface area contributed by atoms with Crippen molar-refractivity contribution < 1.29 is 13.0 Å². The lowest BCUT2D eigenvalue weighted by atomic mass is 10.0. The highest BCUT2D eigenvalue weighted by Gasteiger charge is 2.16. The van der Waals surface area contributed by atoms with E-state index in [4.69, 9.17) is 0 Å². The lowest BCUT2D eigenvalue weighted by molar-refractivity contribution is 0.482. The summed E-state index contributed by atoms with van der Waals surface area (Å²) in [5, 5.41) is 0. The Kier molecular flexibility index (Phi) is 4.10. The molecule has 0 bridgehead atoms. The van der Waals surface area contributed by atoms with Crippen molar-refractivity contribution in [1.82, 2.24) is 0 Å². The first kappa shape index (κ1) is 13.2. The van der Waals surface area contributed by atoms with Crippen molar-refractivity contribution in [2.75, 3.05) is 0 Å². The van der Waals surface area contributed by atoms with Gasteiger partial charge in [0.1, 0.15) is 0 Å². The van der Waals surface area contributed by atoms with E-state index in [1.165, 1.54) is 0 Å². The van der Waals surface area contributed by atoms with Crippen LogP contribution in [0.2, 0.25) is 0 Å². The molecular formula is C12H18O3S. The Morgan fingerprint density at radius 2 is 1.81 bits per heavy atom. The maximum absolute atomic E-state index is 11.3. The number of rotatable bonds is 4. The van der Waals surface area contributed by atoms with Gasteiger partial charge in [0, 0.05) is 0 Å². The Labute approximate surface area is 97.2 Å². The second-order valence-electron chi connectivity index (χ2n) is 3.97. The summed E-state index contributed by atoms with van der Waals surface area (Å²) in [5.74, 6) is 0. The van der Waals surface area contributed by atoms with E-state index in [-0.39, 0.29) is 4.90 Å². The highest BCUT2D eigenvalue weighted by Crippen LogP contribution is 2.22. The fourth-order valence-electron chi connectivity index (χ4n) is 1.88. The van der Waals surface area contributed by atoms with Crippen LogP contribution < -0.4 is 0 Å². The molecule has 0 aliphatic carbocycles. The summed E-state index contributed by atoms with van der Waals surface area (Å²) in [6.45, 7) is 5.91. The molecule has 90 valence electrons. The van der Waals surface area contributed by atoms with Gasteiger partial charge in [-0.3, -0.25) is 4.55 Å². The summed E-state index contributed by atoms with van der Waals surface area (Å²) in [7, 11) is -4.11. The van der Waals surface area contributed by atoms with E-state index < -0.39 is 10.1 Å². The zero-order valence-electron chi connectivity index (χ0n) is 9.95. The third-order valence-corrected chi connectivity index (χ3v) is 3.63. The molecule has 0 amide bonds. The van der Waals surface area contributed by atoms with Gasteiger partial charge >= 0.3 is 0 Å². The fourth-order valence-corrected chi connectivity index (χ4v) is 2.66. The largest absolute Gasteiger partial charge is 0.294 e. The summed E-state index contributed by atoms with van der Waals surface area (Å²) >= 11 is 0. The zero-order valence-corrected chi connectivity index (χ0v) is 10.8. The van der Waals surface area contributed by atoms with E-state index in [0.717, 1.165) is 24.0 Å². The van der Waals surface area contributed by atoms with Gasteiger partial charge in [-0.05, 0) is 42.5 Å². The maximum Gasteiger partial charge on any atom is 0.294 e. The summed E-state index contributed by atoms with van der Waals surface area (Å²) in [5.41, 5.74) is 2.76. The topological polar surface area (TPSA) is 54.4 Å². The zero-order chi connectivity index (χ0) is 12.3. The molecule has 16 heavy (non-hydrogen) atoms. The first-order valence-corrected chi connectivity index (χ1v) is 6.94. The lowest BCUT2D eigenvalue weighted by Crippen LogP contribution is -2.05. The molecular weight excluding hydrogens is 224 g/mol. The average Bonchev–Trinajstić information content (AvgIpc) is 2.16. The number of benzene rings is 1. The molecule has 1 rings (SSSR count). The molecule has 0 unspecified atom stereocenters. The van der Waals surface area contributed by atoms with Crippen LogP contribution in [0, 0.1) is 6.92 Å². The molecule has 0 saturated heterocycles. The van der Waals surface area contributed by atoms with Crippen LogP contribution in [0.25, 0.3) is 0 Å². The third kappa shape index (κ3) is 2.83. The first-order chi connectivity index (χ1) is 7.40. The Morgan fingerprint density at radius 3 is 2.25 bits per heavy atom.